The first-order chi connectivity index (χ1) is 10.7. The molecule has 0 bridgehead atoms. The van der Waals surface area contributed by atoms with E-state index < -0.39 is 0 Å². The molecule has 0 spiro atoms. The number of halogens is 1. The second-order valence-corrected chi connectivity index (χ2v) is 5.67. The highest BCUT2D eigenvalue weighted by Gasteiger charge is 2.19. The molecule has 1 aromatic carbocycles. The fourth-order valence-corrected chi connectivity index (χ4v) is 2.93. The molecule has 3 nitrogen and oxygen atoms in total. The average Bonchev–Trinajstić information content (AvgIpc) is 3.08. The molecule has 0 aliphatic rings. The Morgan fingerprint density at radius 2 is 1.91 bits per heavy atom. The number of aromatic nitrogens is 1. The van der Waals surface area contributed by atoms with Gasteiger partial charge in [-0.05, 0) is 41.3 Å². The van der Waals surface area contributed by atoms with Crippen LogP contribution in [0.3, 0.4) is 0 Å². The van der Waals surface area contributed by atoms with Crippen molar-refractivity contribution in [3.63, 3.8) is 0 Å². The van der Waals surface area contributed by atoms with Crippen molar-refractivity contribution in [1.29, 1.82) is 0 Å². The molecule has 22 heavy (non-hydrogen) atoms. The van der Waals surface area contributed by atoms with Crippen LogP contribution in [-0.2, 0) is 0 Å². The highest BCUT2D eigenvalue weighted by atomic mass is 32.1. The van der Waals surface area contributed by atoms with Crippen LogP contribution in [0.25, 0.3) is 0 Å². The Balaban J connectivity index is 1.90. The highest BCUT2D eigenvalue weighted by molar-refractivity contribution is 7.10. The molecule has 5 heteroatoms. The second kappa shape index (κ2) is 6.49. The number of amides is 1. The van der Waals surface area contributed by atoms with E-state index in [0.29, 0.717) is 5.69 Å². The summed E-state index contributed by atoms with van der Waals surface area (Å²) in [5.41, 5.74) is 1.18. The summed E-state index contributed by atoms with van der Waals surface area (Å²) in [6, 6.07) is 14.9. The lowest BCUT2D eigenvalue weighted by molar-refractivity contribution is 0.0938. The Morgan fingerprint density at radius 3 is 2.55 bits per heavy atom. The van der Waals surface area contributed by atoms with Crippen LogP contribution in [0.4, 0.5) is 4.39 Å². The number of pyridine rings is 1. The molecule has 0 saturated heterocycles. The first kappa shape index (κ1) is 14.4. The van der Waals surface area contributed by atoms with Gasteiger partial charge in [0.25, 0.3) is 5.91 Å². The van der Waals surface area contributed by atoms with E-state index in [-0.39, 0.29) is 17.8 Å². The molecule has 1 atom stereocenters. The molecule has 0 unspecified atom stereocenters. The standard InChI is InChI=1S/C17H13FN2OS/c18-13-8-6-12(7-9-13)16(15-5-3-11-22-15)20-17(21)14-4-1-2-10-19-14/h1-11,16H,(H,20,21)/t16-/m0/s1. The summed E-state index contributed by atoms with van der Waals surface area (Å²) >= 11 is 1.54. The van der Waals surface area contributed by atoms with Gasteiger partial charge >= 0.3 is 0 Å². The van der Waals surface area contributed by atoms with E-state index in [1.165, 1.54) is 23.5 Å². The van der Waals surface area contributed by atoms with Crippen molar-refractivity contribution in [3.8, 4) is 0 Å². The van der Waals surface area contributed by atoms with Gasteiger partial charge in [0.1, 0.15) is 11.5 Å². The highest BCUT2D eigenvalue weighted by Crippen LogP contribution is 2.26. The SMILES string of the molecule is O=C(N[C@@H](c1ccc(F)cc1)c1cccs1)c1ccccn1. The van der Waals surface area contributed by atoms with Crippen molar-refractivity contribution in [2.24, 2.45) is 0 Å². The predicted octanol–water partition coefficient (Wildman–Crippen LogP) is 3.80. The Labute approximate surface area is 131 Å². The van der Waals surface area contributed by atoms with Crippen LogP contribution in [0.5, 0.6) is 0 Å². The molecule has 0 saturated carbocycles. The first-order valence-corrected chi connectivity index (χ1v) is 7.63. The zero-order valence-electron chi connectivity index (χ0n) is 11.6. The van der Waals surface area contributed by atoms with E-state index in [9.17, 15) is 9.18 Å². The van der Waals surface area contributed by atoms with Gasteiger partial charge in [0.15, 0.2) is 0 Å². The van der Waals surface area contributed by atoms with E-state index in [2.05, 4.69) is 10.3 Å². The van der Waals surface area contributed by atoms with Gasteiger partial charge in [-0.25, -0.2) is 4.39 Å². The van der Waals surface area contributed by atoms with Gasteiger partial charge in [-0.3, -0.25) is 9.78 Å². The number of carbonyl (C=O) groups is 1. The first-order valence-electron chi connectivity index (χ1n) is 6.75. The van der Waals surface area contributed by atoms with Crippen molar-refractivity contribution in [2.75, 3.05) is 0 Å². The lowest BCUT2D eigenvalue weighted by atomic mass is 10.0. The van der Waals surface area contributed by atoms with E-state index in [1.54, 1.807) is 36.5 Å². The Hall–Kier alpha value is -2.53. The summed E-state index contributed by atoms with van der Waals surface area (Å²) in [4.78, 5) is 17.4. The van der Waals surface area contributed by atoms with Crippen LogP contribution < -0.4 is 5.32 Å². The molecule has 3 rings (SSSR count). The number of nitrogens with one attached hydrogen (secondary N) is 1. The van der Waals surface area contributed by atoms with Gasteiger partial charge in [0.05, 0.1) is 6.04 Å². The molecule has 2 aromatic heterocycles. The summed E-state index contributed by atoms with van der Waals surface area (Å²) in [7, 11) is 0. The minimum atomic E-state index is -0.324. The molecule has 1 N–H and O–H groups in total. The number of benzene rings is 1. The average molecular weight is 312 g/mol. The molecular weight excluding hydrogens is 299 g/mol. The molecule has 0 aliphatic heterocycles. The van der Waals surface area contributed by atoms with Crippen molar-refractivity contribution in [3.05, 3.63) is 88.1 Å². The van der Waals surface area contributed by atoms with Gasteiger partial charge in [-0.1, -0.05) is 24.3 Å². The summed E-state index contributed by atoms with van der Waals surface area (Å²) in [6.45, 7) is 0. The minimum absolute atomic E-state index is 0.261. The maximum absolute atomic E-state index is 13.1. The molecule has 110 valence electrons. The molecule has 1 amide bonds. The number of rotatable bonds is 4. The fraction of sp³-hybridized carbons (Fsp3) is 0.0588. The number of nitrogens with zero attached hydrogens (tertiary/aromatic N) is 1. The van der Waals surface area contributed by atoms with Crippen LogP contribution >= 0.6 is 11.3 Å². The summed E-state index contributed by atoms with van der Waals surface area (Å²) in [5.74, 6) is -0.562. The predicted molar refractivity (Wildman–Crippen MR) is 84.3 cm³/mol. The van der Waals surface area contributed by atoms with Gasteiger partial charge in [-0.15, -0.1) is 11.3 Å². The smallest absolute Gasteiger partial charge is 0.270 e. The number of hydrogen-bond acceptors (Lipinski definition) is 3. The fourth-order valence-electron chi connectivity index (χ4n) is 2.13. The summed E-state index contributed by atoms with van der Waals surface area (Å²) in [6.07, 6.45) is 1.58. The zero-order chi connectivity index (χ0) is 15.4. The van der Waals surface area contributed by atoms with Crippen molar-refractivity contribution < 1.29 is 9.18 Å². The van der Waals surface area contributed by atoms with Crippen LogP contribution in [0.2, 0.25) is 0 Å². The summed E-state index contributed by atoms with van der Waals surface area (Å²) in [5, 5.41) is 4.90. The third-order valence-corrected chi connectivity index (χ3v) is 4.14. The Kier molecular flexibility index (Phi) is 4.25. The number of carbonyl (C=O) groups excluding carboxylic acids is 1. The van der Waals surface area contributed by atoms with Gasteiger partial charge in [0, 0.05) is 11.1 Å². The van der Waals surface area contributed by atoms with E-state index in [4.69, 9.17) is 0 Å². The third kappa shape index (κ3) is 3.20. The van der Waals surface area contributed by atoms with Crippen molar-refractivity contribution in [1.82, 2.24) is 10.3 Å². The van der Waals surface area contributed by atoms with Crippen LogP contribution in [0.15, 0.2) is 66.2 Å². The second-order valence-electron chi connectivity index (χ2n) is 4.69. The minimum Gasteiger partial charge on any atom is -0.339 e. The van der Waals surface area contributed by atoms with E-state index >= 15 is 0 Å². The molecule has 3 aromatic rings. The van der Waals surface area contributed by atoms with Crippen molar-refractivity contribution in [2.45, 2.75) is 6.04 Å². The number of thiophene rings is 1. The van der Waals surface area contributed by atoms with Gasteiger partial charge in [0.2, 0.25) is 0 Å². The maximum Gasteiger partial charge on any atom is 0.270 e. The number of hydrogen-bond donors (Lipinski definition) is 1. The van der Waals surface area contributed by atoms with Crippen molar-refractivity contribution >= 4 is 17.2 Å². The zero-order valence-corrected chi connectivity index (χ0v) is 12.4. The largest absolute Gasteiger partial charge is 0.339 e. The lowest BCUT2D eigenvalue weighted by Gasteiger charge is -2.18. The Morgan fingerprint density at radius 1 is 1.09 bits per heavy atom. The monoisotopic (exact) mass is 312 g/mol. The molecule has 0 aliphatic carbocycles. The molecule has 2 heterocycles. The quantitative estimate of drug-likeness (QED) is 0.796. The normalized spacial score (nSPS) is 11.9. The van der Waals surface area contributed by atoms with E-state index in [0.717, 1.165) is 10.4 Å². The molecule has 0 radical (unpaired) electrons. The van der Waals surface area contributed by atoms with Gasteiger partial charge < -0.3 is 5.32 Å². The van der Waals surface area contributed by atoms with E-state index in [1.807, 2.05) is 17.5 Å². The van der Waals surface area contributed by atoms with Crippen LogP contribution in [-0.4, -0.2) is 10.9 Å². The molecule has 0 fully saturated rings. The maximum atomic E-state index is 13.1. The summed E-state index contributed by atoms with van der Waals surface area (Å²) < 4.78 is 13.1. The van der Waals surface area contributed by atoms with Crippen LogP contribution in [0.1, 0.15) is 27.0 Å². The Bertz CT molecular complexity index is 742. The lowest BCUT2D eigenvalue weighted by Crippen LogP contribution is -2.29. The molecular formula is C17H13FN2OS. The van der Waals surface area contributed by atoms with Crippen LogP contribution in [0, 0.1) is 5.82 Å². The topological polar surface area (TPSA) is 42.0 Å². The third-order valence-electron chi connectivity index (χ3n) is 3.20. The van der Waals surface area contributed by atoms with Gasteiger partial charge in [-0.2, -0.15) is 0 Å².